The number of benzene rings is 2. The van der Waals surface area contributed by atoms with E-state index in [4.69, 9.17) is 0 Å². The van der Waals surface area contributed by atoms with E-state index in [1.165, 1.54) is 32.7 Å². The van der Waals surface area contributed by atoms with Crippen LogP contribution in [0.5, 0.6) is 0 Å². The Kier molecular flexibility index (Phi) is 8.00. The van der Waals surface area contributed by atoms with E-state index in [1.54, 1.807) is 3.88 Å². The number of nitrogens with one attached hydrogen (secondary N) is 1. The summed E-state index contributed by atoms with van der Waals surface area (Å²) >= 11 is -1.55. The van der Waals surface area contributed by atoms with Crippen LogP contribution in [-0.2, 0) is 17.4 Å². The molecule has 0 bridgehead atoms. The molecule has 1 N–H and O–H groups in total. The van der Waals surface area contributed by atoms with Crippen molar-refractivity contribution < 1.29 is 17.4 Å². The summed E-state index contributed by atoms with van der Waals surface area (Å²) in [4.78, 5) is 0. The van der Waals surface area contributed by atoms with Crippen molar-refractivity contribution in [1.82, 2.24) is 3.80 Å². The summed E-state index contributed by atoms with van der Waals surface area (Å²) in [7, 11) is 0. The molecule has 2 aliphatic rings. The Labute approximate surface area is 194 Å². The fourth-order valence-electron chi connectivity index (χ4n) is 3.93. The van der Waals surface area contributed by atoms with Crippen LogP contribution in [0.2, 0.25) is 13.1 Å². The van der Waals surface area contributed by atoms with Gasteiger partial charge in [0.1, 0.15) is 0 Å². The zero-order valence-electron chi connectivity index (χ0n) is 17.7. The molecule has 0 saturated carbocycles. The largest absolute Gasteiger partial charge is 0.147 e. The number of allylic oxidation sites excluding steroid dienone is 2. The molecule has 0 radical (unpaired) electrons. The minimum absolute atomic E-state index is 0. The molecule has 0 atom stereocenters. The second-order valence-corrected chi connectivity index (χ2v) is 21.5. The molecule has 0 fully saturated rings. The molecule has 0 aliphatic heterocycles. The van der Waals surface area contributed by atoms with Gasteiger partial charge >= 0.3 is 171 Å². The van der Waals surface area contributed by atoms with Gasteiger partial charge in [-0.15, -0.1) is 24.8 Å². The molecule has 4 rings (SSSR count). The van der Waals surface area contributed by atoms with Gasteiger partial charge in [-0.1, -0.05) is 0 Å². The van der Waals surface area contributed by atoms with E-state index in [0.717, 1.165) is 0 Å². The van der Waals surface area contributed by atoms with E-state index < -0.39 is 24.0 Å². The first-order valence-electron chi connectivity index (χ1n) is 9.83. The van der Waals surface area contributed by atoms with Gasteiger partial charge in [0.15, 0.2) is 0 Å². The fraction of sp³-hybridized carbons (Fsp3) is 0.250. The van der Waals surface area contributed by atoms with Crippen molar-refractivity contribution in [2.75, 3.05) is 0 Å². The molecule has 0 amide bonds. The Bertz CT molecular complexity index is 1070. The van der Waals surface area contributed by atoms with Crippen LogP contribution >= 0.6 is 24.8 Å². The smallest absolute Gasteiger partial charge is 0.147 e. The van der Waals surface area contributed by atoms with E-state index >= 15 is 0 Å². The van der Waals surface area contributed by atoms with Crippen molar-refractivity contribution in [2.24, 2.45) is 0 Å². The summed E-state index contributed by atoms with van der Waals surface area (Å²) in [6.07, 6.45) is 9.18. The maximum Gasteiger partial charge on any atom is -0.147 e. The summed E-state index contributed by atoms with van der Waals surface area (Å²) < 4.78 is 5.74. The van der Waals surface area contributed by atoms with Crippen LogP contribution in [0.1, 0.15) is 37.5 Å². The number of halogens is 2. The van der Waals surface area contributed by atoms with E-state index in [1.807, 2.05) is 0 Å². The maximum absolute atomic E-state index is 4.10. The predicted molar refractivity (Wildman–Crippen MR) is 132 cm³/mol. The second kappa shape index (κ2) is 9.51. The second-order valence-electron chi connectivity index (χ2n) is 8.83. The van der Waals surface area contributed by atoms with E-state index in [9.17, 15) is 0 Å². The van der Waals surface area contributed by atoms with E-state index in [-0.39, 0.29) is 30.4 Å². The number of rotatable bonds is 4. The molecule has 2 aliphatic carbocycles. The Morgan fingerprint density at radius 1 is 0.966 bits per heavy atom. The van der Waals surface area contributed by atoms with Crippen LogP contribution in [0.3, 0.4) is 0 Å². The molecule has 5 heteroatoms. The summed E-state index contributed by atoms with van der Waals surface area (Å²) in [5.74, 6) is 0. The Balaban J connectivity index is 0.00000150. The quantitative estimate of drug-likeness (QED) is 0.622. The summed E-state index contributed by atoms with van der Waals surface area (Å²) in [6, 6.07) is 15.8. The minimum atomic E-state index is -1.55. The molecule has 0 saturated heterocycles. The maximum atomic E-state index is 4.10. The van der Waals surface area contributed by atoms with Crippen molar-refractivity contribution in [3.8, 4) is 0 Å². The first kappa shape index (κ1) is 24.4. The van der Waals surface area contributed by atoms with Gasteiger partial charge in [-0.25, -0.2) is 0 Å². The molecular weight excluding hydrogens is 449 g/mol. The van der Waals surface area contributed by atoms with Crippen molar-refractivity contribution in [3.05, 3.63) is 81.7 Å². The van der Waals surface area contributed by atoms with Crippen LogP contribution in [0, 0.1) is 0 Å². The van der Waals surface area contributed by atoms with Gasteiger partial charge in [-0.3, -0.25) is 0 Å². The van der Waals surface area contributed by atoms with Gasteiger partial charge in [0, 0.05) is 0 Å². The first-order valence-corrected chi connectivity index (χ1v) is 17.0. The third-order valence-electron chi connectivity index (χ3n) is 5.11. The molecule has 29 heavy (non-hydrogen) atoms. The van der Waals surface area contributed by atoms with Gasteiger partial charge in [-0.2, -0.15) is 0 Å². The Morgan fingerprint density at radius 2 is 1.66 bits per heavy atom. The van der Waals surface area contributed by atoms with Crippen LogP contribution in [0.15, 0.2) is 54.6 Å². The SMILES string of the molecule is C[SiH](C)[Ti]([NH]C(C)(C)C)[C]1=c2cc3c(cc2C(c2ccccc2)=C1)=CC=C3.Cl.Cl. The van der Waals surface area contributed by atoms with Crippen molar-refractivity contribution in [3.63, 3.8) is 0 Å². The summed E-state index contributed by atoms with van der Waals surface area (Å²) in [5, 5.41) is 2.84. The molecule has 0 unspecified atom stereocenters. The Hall–Kier alpha value is -0.869. The number of hydrogen-bond donors (Lipinski definition) is 1. The topological polar surface area (TPSA) is 12.0 Å². The Morgan fingerprint density at radius 3 is 2.28 bits per heavy atom. The van der Waals surface area contributed by atoms with Crippen LogP contribution in [-0.4, -0.2) is 12.2 Å². The zero-order chi connectivity index (χ0) is 19.2. The normalized spacial score (nSPS) is 13.9. The van der Waals surface area contributed by atoms with E-state index in [0.29, 0.717) is 0 Å². The molecule has 2 aromatic carbocycles. The molecule has 153 valence electrons. The van der Waals surface area contributed by atoms with Crippen LogP contribution in [0.25, 0.3) is 21.6 Å². The van der Waals surface area contributed by atoms with Crippen LogP contribution in [0.4, 0.5) is 0 Å². The third kappa shape index (κ3) is 5.07. The number of hydrogen-bond acceptors (Lipinski definition) is 1. The standard InChI is InChI=1S/C18H11.C4H10N.C2H7Si.2ClH.Ti/c1-2-5-13(6-3-1)17-10-9-16-11-14-7-4-8-15(14)12-18(16)17;1-4(2,3)5;1-3-2;;;/h1-8,10-12H;5H,1-3H3;3H,1-2H3;2*1H;/q;-1;;;;+1. The van der Waals surface area contributed by atoms with Gasteiger partial charge in [0.05, 0.1) is 0 Å². The van der Waals surface area contributed by atoms with Crippen LogP contribution < -0.4 is 14.2 Å². The fourth-order valence-corrected chi connectivity index (χ4v) is 14.6. The van der Waals surface area contributed by atoms with E-state index in [2.05, 4.69) is 104 Å². The average Bonchev–Trinajstić information content (AvgIpc) is 3.21. The van der Waals surface area contributed by atoms with Crippen molar-refractivity contribution in [1.29, 1.82) is 0 Å². The summed E-state index contributed by atoms with van der Waals surface area (Å²) in [5.41, 5.74) is 5.70. The minimum Gasteiger partial charge on any atom is -0.147 e. The van der Waals surface area contributed by atoms with Gasteiger partial charge in [0.2, 0.25) is 0 Å². The summed E-state index contributed by atoms with van der Waals surface area (Å²) in [6.45, 7) is 11.2. The molecule has 0 aromatic heterocycles. The molecule has 0 heterocycles. The van der Waals surface area contributed by atoms with Gasteiger partial charge < -0.3 is 0 Å². The zero-order valence-corrected chi connectivity index (χ0v) is 22.1. The predicted octanol–water partition coefficient (Wildman–Crippen LogP) is 4.80. The average molecular weight is 479 g/mol. The molecule has 0 spiro atoms. The molecule has 2 aromatic rings. The third-order valence-corrected chi connectivity index (χ3v) is 16.7. The number of fused-ring (bicyclic) bond motifs is 2. The molecular formula is C24H30Cl2NSiTi. The van der Waals surface area contributed by atoms with Gasteiger partial charge in [-0.05, 0) is 0 Å². The van der Waals surface area contributed by atoms with Crippen molar-refractivity contribution >= 4 is 53.1 Å². The monoisotopic (exact) mass is 478 g/mol. The van der Waals surface area contributed by atoms with Crippen molar-refractivity contribution in [2.45, 2.75) is 39.4 Å². The first-order chi connectivity index (χ1) is 12.8. The van der Waals surface area contributed by atoms with Gasteiger partial charge in [0.25, 0.3) is 0 Å². The molecule has 1 nitrogen and oxygen atoms in total.